The molecule has 2 aliphatic rings. The molecule has 0 bridgehead atoms. The maximum absolute atomic E-state index is 12.9. The number of hydrogen-bond donors (Lipinski definition) is 0. The van der Waals surface area contributed by atoms with E-state index >= 15 is 0 Å². The number of piperidine rings is 1. The average molecular weight is 450 g/mol. The van der Waals surface area contributed by atoms with Crippen LogP contribution >= 0.6 is 11.7 Å². The quantitative estimate of drug-likeness (QED) is 0.611. The van der Waals surface area contributed by atoms with Crippen LogP contribution in [0.4, 0.5) is 5.69 Å². The molecule has 166 valence electrons. The van der Waals surface area contributed by atoms with Gasteiger partial charge in [-0.25, -0.2) is 0 Å². The van der Waals surface area contributed by atoms with Crippen LogP contribution in [-0.2, 0) is 4.79 Å². The highest BCUT2D eigenvalue weighted by Gasteiger charge is 2.28. The van der Waals surface area contributed by atoms with Gasteiger partial charge in [-0.1, -0.05) is 18.2 Å². The molecule has 7 nitrogen and oxygen atoms in total. The number of benzene rings is 2. The van der Waals surface area contributed by atoms with Crippen molar-refractivity contribution in [3.05, 3.63) is 54.1 Å². The summed E-state index contributed by atoms with van der Waals surface area (Å²) in [6.45, 7) is 4.71. The van der Waals surface area contributed by atoms with Gasteiger partial charge in [0.15, 0.2) is 0 Å². The highest BCUT2D eigenvalue weighted by Crippen LogP contribution is 2.24. The van der Waals surface area contributed by atoms with E-state index in [9.17, 15) is 9.59 Å². The van der Waals surface area contributed by atoms with Gasteiger partial charge in [0.2, 0.25) is 5.91 Å². The number of piperazine rings is 1. The lowest BCUT2D eigenvalue weighted by Gasteiger charge is -2.37. The molecule has 0 aliphatic carbocycles. The molecule has 32 heavy (non-hydrogen) atoms. The van der Waals surface area contributed by atoms with E-state index < -0.39 is 0 Å². The number of likely N-dealkylation sites (tertiary alicyclic amines) is 1. The maximum atomic E-state index is 12.9. The molecule has 2 saturated heterocycles. The number of carbonyl (C=O) groups excluding carboxylic acids is 2. The summed E-state index contributed by atoms with van der Waals surface area (Å²) in [7, 11) is 0. The number of hydrogen-bond acceptors (Lipinski definition) is 6. The van der Waals surface area contributed by atoms with Crippen molar-refractivity contribution < 1.29 is 9.59 Å². The molecular formula is C24H27N5O2S. The van der Waals surface area contributed by atoms with E-state index in [0.717, 1.165) is 61.8 Å². The molecule has 0 unspecified atom stereocenters. The second kappa shape index (κ2) is 9.24. The summed E-state index contributed by atoms with van der Waals surface area (Å²) in [6.07, 6.45) is 2.34. The molecule has 2 fully saturated rings. The van der Waals surface area contributed by atoms with Gasteiger partial charge in [-0.05, 0) is 49.1 Å². The van der Waals surface area contributed by atoms with Gasteiger partial charge in [0.25, 0.3) is 5.91 Å². The molecule has 2 aromatic carbocycles. The zero-order valence-electron chi connectivity index (χ0n) is 18.0. The van der Waals surface area contributed by atoms with Crippen LogP contribution in [0.25, 0.3) is 11.0 Å². The molecule has 3 aromatic rings. The highest BCUT2D eigenvalue weighted by atomic mass is 32.1. The number of anilines is 1. The first-order valence-corrected chi connectivity index (χ1v) is 12.0. The molecule has 0 saturated carbocycles. The smallest absolute Gasteiger partial charge is 0.253 e. The van der Waals surface area contributed by atoms with Crippen LogP contribution in [0.1, 0.15) is 29.6 Å². The number of aromatic nitrogens is 2. The van der Waals surface area contributed by atoms with Crippen molar-refractivity contribution >= 4 is 40.3 Å². The number of para-hydroxylation sites is 1. The Morgan fingerprint density at radius 2 is 1.56 bits per heavy atom. The Kier molecular flexibility index (Phi) is 6.03. The molecule has 2 aliphatic heterocycles. The number of fused-ring (bicyclic) bond motifs is 1. The summed E-state index contributed by atoms with van der Waals surface area (Å²) in [5.74, 6) is 0.648. The van der Waals surface area contributed by atoms with Crippen LogP contribution in [0, 0.1) is 5.92 Å². The second-order valence-corrected chi connectivity index (χ2v) is 9.14. The lowest BCUT2D eigenvalue weighted by atomic mass is 9.92. The van der Waals surface area contributed by atoms with Crippen LogP contribution < -0.4 is 4.90 Å². The molecule has 3 heterocycles. The molecule has 2 amide bonds. The Morgan fingerprint density at radius 1 is 0.844 bits per heavy atom. The van der Waals surface area contributed by atoms with Crippen LogP contribution in [0.2, 0.25) is 0 Å². The third kappa shape index (κ3) is 4.46. The van der Waals surface area contributed by atoms with E-state index in [1.165, 1.54) is 5.69 Å². The minimum absolute atomic E-state index is 0.0433. The minimum atomic E-state index is 0.0433. The van der Waals surface area contributed by atoms with E-state index in [4.69, 9.17) is 0 Å². The second-order valence-electron chi connectivity index (χ2n) is 8.61. The van der Waals surface area contributed by atoms with Crippen molar-refractivity contribution in [2.24, 2.45) is 5.92 Å². The van der Waals surface area contributed by atoms with E-state index in [0.29, 0.717) is 31.0 Å². The van der Waals surface area contributed by atoms with Gasteiger partial charge in [-0.3, -0.25) is 9.59 Å². The third-order valence-electron chi connectivity index (χ3n) is 6.62. The molecule has 8 heteroatoms. The standard InChI is InChI=1S/C24H27N5O2S/c30-23(28-14-12-27(13-15-28)20-4-2-1-3-5-20)16-18-8-10-29(11-9-18)24(31)19-6-7-21-22(17-19)26-32-25-21/h1-7,17-18H,8-16H2. The summed E-state index contributed by atoms with van der Waals surface area (Å²) in [5, 5.41) is 0. The van der Waals surface area contributed by atoms with Crippen molar-refractivity contribution in [3.8, 4) is 0 Å². The largest absolute Gasteiger partial charge is 0.368 e. The Hall–Kier alpha value is -3.00. The molecule has 1 aromatic heterocycles. The zero-order chi connectivity index (χ0) is 21.9. The topological polar surface area (TPSA) is 69.6 Å². The summed E-state index contributed by atoms with van der Waals surface area (Å²) in [6, 6.07) is 15.9. The summed E-state index contributed by atoms with van der Waals surface area (Å²) >= 11 is 1.16. The first kappa shape index (κ1) is 20.9. The molecule has 0 atom stereocenters. The first-order chi connectivity index (χ1) is 15.7. The Balaban J connectivity index is 1.09. The fourth-order valence-corrected chi connectivity index (χ4v) is 5.18. The van der Waals surface area contributed by atoms with E-state index in [-0.39, 0.29) is 11.8 Å². The molecular weight excluding hydrogens is 422 g/mol. The van der Waals surface area contributed by atoms with Gasteiger partial charge in [-0.15, -0.1) is 0 Å². The van der Waals surface area contributed by atoms with Gasteiger partial charge in [0, 0.05) is 56.9 Å². The van der Waals surface area contributed by atoms with Gasteiger partial charge in [-0.2, -0.15) is 8.75 Å². The zero-order valence-corrected chi connectivity index (χ0v) is 18.8. The van der Waals surface area contributed by atoms with Crippen molar-refractivity contribution in [1.82, 2.24) is 18.5 Å². The van der Waals surface area contributed by atoms with E-state index in [2.05, 4.69) is 37.9 Å². The monoisotopic (exact) mass is 449 g/mol. The first-order valence-electron chi connectivity index (χ1n) is 11.3. The van der Waals surface area contributed by atoms with Gasteiger partial charge in [0.1, 0.15) is 11.0 Å². The maximum Gasteiger partial charge on any atom is 0.253 e. The van der Waals surface area contributed by atoms with Crippen molar-refractivity contribution in [3.63, 3.8) is 0 Å². The van der Waals surface area contributed by atoms with Crippen LogP contribution in [0.15, 0.2) is 48.5 Å². The number of amides is 2. The molecule has 5 rings (SSSR count). The molecule has 0 radical (unpaired) electrons. The number of carbonyl (C=O) groups is 2. The third-order valence-corrected chi connectivity index (χ3v) is 7.18. The predicted molar refractivity (Wildman–Crippen MR) is 126 cm³/mol. The highest BCUT2D eigenvalue weighted by molar-refractivity contribution is 7.00. The van der Waals surface area contributed by atoms with Crippen molar-refractivity contribution in [1.29, 1.82) is 0 Å². The lowest BCUT2D eigenvalue weighted by molar-refractivity contribution is -0.132. The van der Waals surface area contributed by atoms with E-state index in [1.54, 1.807) is 0 Å². The van der Waals surface area contributed by atoms with Crippen molar-refractivity contribution in [2.75, 3.05) is 44.2 Å². The Bertz CT molecular complexity index is 1090. The van der Waals surface area contributed by atoms with Crippen LogP contribution in [0.3, 0.4) is 0 Å². The summed E-state index contributed by atoms with van der Waals surface area (Å²) < 4.78 is 8.43. The fraction of sp³-hybridized carbons (Fsp3) is 0.417. The van der Waals surface area contributed by atoms with Gasteiger partial charge < -0.3 is 14.7 Å². The Morgan fingerprint density at radius 3 is 2.31 bits per heavy atom. The minimum Gasteiger partial charge on any atom is -0.368 e. The normalized spacial score (nSPS) is 17.7. The van der Waals surface area contributed by atoms with Crippen molar-refractivity contribution in [2.45, 2.75) is 19.3 Å². The van der Waals surface area contributed by atoms with Crippen LogP contribution in [0.5, 0.6) is 0 Å². The van der Waals surface area contributed by atoms with Gasteiger partial charge >= 0.3 is 0 Å². The number of nitrogens with zero attached hydrogens (tertiary/aromatic N) is 5. The predicted octanol–water partition coefficient (Wildman–Crippen LogP) is 3.28. The summed E-state index contributed by atoms with van der Waals surface area (Å²) in [5.41, 5.74) is 3.49. The Labute approximate surface area is 192 Å². The average Bonchev–Trinajstić information content (AvgIpc) is 3.33. The van der Waals surface area contributed by atoms with Gasteiger partial charge in [0.05, 0.1) is 11.7 Å². The summed E-state index contributed by atoms with van der Waals surface area (Å²) in [4.78, 5) is 32.0. The fourth-order valence-electron chi connectivity index (χ4n) is 4.67. The van der Waals surface area contributed by atoms with Crippen LogP contribution in [-0.4, -0.2) is 69.6 Å². The molecule has 0 N–H and O–H groups in total. The molecule has 0 spiro atoms. The number of rotatable bonds is 4. The lowest BCUT2D eigenvalue weighted by Crippen LogP contribution is -2.49. The SMILES string of the molecule is O=C(CC1CCN(C(=O)c2ccc3nsnc3c2)CC1)N1CCN(c2ccccc2)CC1. The van der Waals surface area contributed by atoms with E-state index in [1.807, 2.05) is 34.1 Å².